The van der Waals surface area contributed by atoms with Gasteiger partial charge in [-0.1, -0.05) is 18.2 Å². The van der Waals surface area contributed by atoms with Gasteiger partial charge in [-0.25, -0.2) is 4.79 Å². The molecule has 0 aliphatic carbocycles. The van der Waals surface area contributed by atoms with Crippen LogP contribution in [0.25, 0.3) is 10.9 Å². The lowest BCUT2D eigenvalue weighted by Crippen LogP contribution is -2.37. The van der Waals surface area contributed by atoms with Crippen LogP contribution in [0.1, 0.15) is 11.6 Å². The smallest absolute Gasteiger partial charge is 0.330 e. The van der Waals surface area contributed by atoms with Crippen LogP contribution in [0, 0.1) is 5.41 Å². The van der Waals surface area contributed by atoms with Gasteiger partial charge in [0.05, 0.1) is 5.52 Å². The Morgan fingerprint density at radius 3 is 2.89 bits per heavy atom. The Labute approximate surface area is 103 Å². The molecule has 2 rings (SSSR count). The molecule has 0 aliphatic rings. The molecular formula is C12H12N4O2. The molecule has 1 heterocycles. The van der Waals surface area contributed by atoms with E-state index in [4.69, 9.17) is 16.2 Å². The molecule has 0 bridgehead atoms. The molecule has 6 nitrogen and oxygen atoms in total. The molecule has 0 fully saturated rings. The van der Waals surface area contributed by atoms with Crippen LogP contribution in [0.15, 0.2) is 36.5 Å². The average Bonchev–Trinajstić information content (AvgIpc) is 2.35. The SMILES string of the molecule is N=C(N)NC(C(=O)O)c1ccc2cccnc2c1. The van der Waals surface area contributed by atoms with Crippen LogP contribution in [0.4, 0.5) is 0 Å². The summed E-state index contributed by atoms with van der Waals surface area (Å²) in [5, 5.41) is 19.5. The Bertz CT molecular complexity index is 612. The number of carboxylic acid groups (broad SMARTS) is 1. The molecule has 2 aromatic rings. The van der Waals surface area contributed by atoms with Crippen molar-refractivity contribution in [2.45, 2.75) is 6.04 Å². The molecule has 1 atom stereocenters. The lowest BCUT2D eigenvalue weighted by Gasteiger charge is -2.14. The van der Waals surface area contributed by atoms with Crippen molar-refractivity contribution in [1.29, 1.82) is 5.41 Å². The summed E-state index contributed by atoms with van der Waals surface area (Å²) in [6.07, 6.45) is 1.64. The molecule has 6 heteroatoms. The van der Waals surface area contributed by atoms with E-state index in [0.717, 1.165) is 5.39 Å². The summed E-state index contributed by atoms with van der Waals surface area (Å²) in [4.78, 5) is 15.3. The average molecular weight is 244 g/mol. The number of fused-ring (bicyclic) bond motifs is 1. The first-order valence-corrected chi connectivity index (χ1v) is 5.26. The van der Waals surface area contributed by atoms with Crippen LogP contribution in [0.2, 0.25) is 0 Å². The van der Waals surface area contributed by atoms with Crippen LogP contribution in [-0.2, 0) is 4.79 Å². The van der Waals surface area contributed by atoms with Crippen molar-refractivity contribution in [3.8, 4) is 0 Å². The molecule has 0 aliphatic heterocycles. The predicted octanol–water partition coefficient (Wildman–Crippen LogP) is 0.844. The summed E-state index contributed by atoms with van der Waals surface area (Å²) >= 11 is 0. The highest BCUT2D eigenvalue weighted by Crippen LogP contribution is 2.19. The van der Waals surface area contributed by atoms with Crippen LogP contribution >= 0.6 is 0 Å². The van der Waals surface area contributed by atoms with Gasteiger partial charge in [-0.2, -0.15) is 0 Å². The fourth-order valence-corrected chi connectivity index (χ4v) is 1.71. The van der Waals surface area contributed by atoms with Crippen molar-refractivity contribution in [2.75, 3.05) is 0 Å². The number of nitrogens with two attached hydrogens (primary N) is 1. The quantitative estimate of drug-likeness (QED) is 0.472. The summed E-state index contributed by atoms with van der Waals surface area (Å²) in [6.45, 7) is 0. The Morgan fingerprint density at radius 2 is 2.22 bits per heavy atom. The summed E-state index contributed by atoms with van der Waals surface area (Å²) in [6, 6.07) is 7.79. The fourth-order valence-electron chi connectivity index (χ4n) is 1.71. The van der Waals surface area contributed by atoms with Crippen LogP contribution in [-0.4, -0.2) is 22.0 Å². The fraction of sp³-hybridized carbons (Fsp3) is 0.0833. The van der Waals surface area contributed by atoms with E-state index < -0.39 is 12.0 Å². The number of carbonyl (C=O) groups is 1. The first kappa shape index (κ1) is 11.8. The van der Waals surface area contributed by atoms with E-state index in [2.05, 4.69) is 10.3 Å². The van der Waals surface area contributed by atoms with Crippen LogP contribution < -0.4 is 11.1 Å². The van der Waals surface area contributed by atoms with Gasteiger partial charge in [-0.3, -0.25) is 10.4 Å². The molecule has 0 saturated heterocycles. The third-order valence-corrected chi connectivity index (χ3v) is 2.51. The second-order valence-electron chi connectivity index (χ2n) is 3.78. The molecular weight excluding hydrogens is 232 g/mol. The first-order valence-electron chi connectivity index (χ1n) is 5.26. The normalized spacial score (nSPS) is 12.0. The number of guanidine groups is 1. The van der Waals surface area contributed by atoms with Gasteiger partial charge in [-0.15, -0.1) is 0 Å². The second kappa shape index (κ2) is 4.70. The maximum atomic E-state index is 11.1. The zero-order chi connectivity index (χ0) is 13.1. The zero-order valence-corrected chi connectivity index (χ0v) is 9.42. The highest BCUT2D eigenvalue weighted by atomic mass is 16.4. The van der Waals surface area contributed by atoms with Gasteiger partial charge in [0.2, 0.25) is 0 Å². The molecule has 1 aromatic carbocycles. The minimum atomic E-state index is -1.10. The molecule has 0 spiro atoms. The van der Waals surface area contributed by atoms with Crippen molar-refractivity contribution >= 4 is 22.8 Å². The third-order valence-electron chi connectivity index (χ3n) is 2.51. The van der Waals surface area contributed by atoms with E-state index in [-0.39, 0.29) is 5.96 Å². The van der Waals surface area contributed by atoms with Gasteiger partial charge >= 0.3 is 5.97 Å². The van der Waals surface area contributed by atoms with Gasteiger partial charge in [0.25, 0.3) is 0 Å². The van der Waals surface area contributed by atoms with Crippen molar-refractivity contribution < 1.29 is 9.90 Å². The first-order chi connectivity index (χ1) is 8.58. The number of aliphatic carboxylic acids is 1. The number of carboxylic acids is 1. The van der Waals surface area contributed by atoms with Crippen molar-refractivity contribution in [1.82, 2.24) is 10.3 Å². The number of hydrogen-bond acceptors (Lipinski definition) is 3. The van der Waals surface area contributed by atoms with Gasteiger partial charge in [0.15, 0.2) is 12.0 Å². The van der Waals surface area contributed by atoms with Gasteiger partial charge in [0, 0.05) is 11.6 Å². The van der Waals surface area contributed by atoms with E-state index in [1.165, 1.54) is 0 Å². The number of pyridine rings is 1. The molecule has 0 amide bonds. The standard InChI is InChI=1S/C12H12N4O2/c13-12(14)16-10(11(17)18)8-4-3-7-2-1-5-15-9(7)6-8/h1-6,10H,(H,17,18)(H4,13,14,16). The van der Waals surface area contributed by atoms with Crippen molar-refractivity contribution in [3.63, 3.8) is 0 Å². The number of aromatic nitrogens is 1. The van der Waals surface area contributed by atoms with E-state index in [1.54, 1.807) is 24.4 Å². The number of nitrogens with one attached hydrogen (secondary N) is 2. The zero-order valence-electron chi connectivity index (χ0n) is 9.42. The van der Waals surface area contributed by atoms with Gasteiger partial charge < -0.3 is 16.2 Å². The predicted molar refractivity (Wildman–Crippen MR) is 67.2 cm³/mol. The molecule has 1 unspecified atom stereocenters. The lowest BCUT2D eigenvalue weighted by atomic mass is 10.0. The molecule has 1 aromatic heterocycles. The molecule has 18 heavy (non-hydrogen) atoms. The molecule has 92 valence electrons. The topological polar surface area (TPSA) is 112 Å². The Kier molecular flexibility index (Phi) is 3.09. The minimum Gasteiger partial charge on any atom is -0.479 e. The highest BCUT2D eigenvalue weighted by Gasteiger charge is 2.20. The summed E-state index contributed by atoms with van der Waals surface area (Å²) in [5.41, 5.74) is 6.38. The number of hydrogen-bond donors (Lipinski definition) is 4. The number of nitrogens with zero attached hydrogens (tertiary/aromatic N) is 1. The Hall–Kier alpha value is -2.63. The largest absolute Gasteiger partial charge is 0.479 e. The minimum absolute atomic E-state index is 0.386. The maximum absolute atomic E-state index is 11.1. The van der Waals surface area contributed by atoms with E-state index in [0.29, 0.717) is 11.1 Å². The Balaban J connectivity index is 2.44. The van der Waals surface area contributed by atoms with E-state index >= 15 is 0 Å². The van der Waals surface area contributed by atoms with E-state index in [9.17, 15) is 4.79 Å². The molecule has 5 N–H and O–H groups in total. The monoisotopic (exact) mass is 244 g/mol. The highest BCUT2D eigenvalue weighted by molar-refractivity contribution is 5.86. The number of rotatable bonds is 3. The van der Waals surface area contributed by atoms with Crippen molar-refractivity contribution in [2.24, 2.45) is 5.73 Å². The Morgan fingerprint density at radius 1 is 1.44 bits per heavy atom. The summed E-state index contributed by atoms with van der Waals surface area (Å²) in [7, 11) is 0. The summed E-state index contributed by atoms with van der Waals surface area (Å²) < 4.78 is 0. The van der Waals surface area contributed by atoms with Crippen molar-refractivity contribution in [3.05, 3.63) is 42.1 Å². The molecule has 0 radical (unpaired) electrons. The maximum Gasteiger partial charge on any atom is 0.330 e. The second-order valence-corrected chi connectivity index (χ2v) is 3.78. The van der Waals surface area contributed by atoms with E-state index in [1.807, 2.05) is 12.1 Å². The lowest BCUT2D eigenvalue weighted by molar-refractivity contribution is -0.139. The summed E-state index contributed by atoms with van der Waals surface area (Å²) in [5.74, 6) is -1.48. The van der Waals surface area contributed by atoms with Crippen LogP contribution in [0.3, 0.4) is 0 Å². The van der Waals surface area contributed by atoms with Gasteiger partial charge in [0.1, 0.15) is 0 Å². The molecule has 0 saturated carbocycles. The third kappa shape index (κ3) is 2.37. The van der Waals surface area contributed by atoms with Crippen LogP contribution in [0.5, 0.6) is 0 Å². The number of benzene rings is 1. The van der Waals surface area contributed by atoms with Gasteiger partial charge in [-0.05, 0) is 17.7 Å².